The molecule has 1 aromatic carbocycles. The summed E-state index contributed by atoms with van der Waals surface area (Å²) in [4.78, 5) is 15.3. The topological polar surface area (TPSA) is 63.3 Å². The standard InChI is InChI=1S/C22H26N4O2.ClH/c1-23-12-9-17-10-13-25(14-11-17)22(27)20-16-19(21-8-5-15-28-21)24-26(20)18-6-3-2-4-7-18;/h2-8,15-17,23H,9-14H2,1H3;1H. The summed E-state index contributed by atoms with van der Waals surface area (Å²) in [5.41, 5.74) is 2.11. The van der Waals surface area contributed by atoms with Gasteiger partial charge in [0, 0.05) is 19.2 Å². The quantitative estimate of drug-likeness (QED) is 0.661. The van der Waals surface area contributed by atoms with Crippen molar-refractivity contribution in [2.75, 3.05) is 26.7 Å². The van der Waals surface area contributed by atoms with E-state index in [2.05, 4.69) is 10.4 Å². The summed E-state index contributed by atoms with van der Waals surface area (Å²) in [6.45, 7) is 2.62. The molecule has 1 aliphatic heterocycles. The number of halogens is 1. The Morgan fingerprint density at radius 3 is 2.59 bits per heavy atom. The molecule has 0 radical (unpaired) electrons. The van der Waals surface area contributed by atoms with Gasteiger partial charge >= 0.3 is 0 Å². The lowest BCUT2D eigenvalue weighted by Gasteiger charge is -2.32. The molecule has 0 aliphatic carbocycles. The van der Waals surface area contributed by atoms with Crippen LogP contribution in [0.4, 0.5) is 0 Å². The largest absolute Gasteiger partial charge is 0.463 e. The highest BCUT2D eigenvalue weighted by atomic mass is 35.5. The molecule has 1 aliphatic rings. The van der Waals surface area contributed by atoms with Crippen LogP contribution in [0.5, 0.6) is 0 Å². The highest BCUT2D eigenvalue weighted by Gasteiger charge is 2.27. The molecule has 1 amide bonds. The van der Waals surface area contributed by atoms with Crippen molar-refractivity contribution in [3.05, 3.63) is 60.5 Å². The molecule has 6 nitrogen and oxygen atoms in total. The Labute approximate surface area is 177 Å². The van der Waals surface area contributed by atoms with Crippen LogP contribution < -0.4 is 5.32 Å². The summed E-state index contributed by atoms with van der Waals surface area (Å²) in [6, 6.07) is 15.3. The van der Waals surface area contributed by atoms with Gasteiger partial charge in [-0.1, -0.05) is 18.2 Å². The number of hydrogen-bond acceptors (Lipinski definition) is 4. The van der Waals surface area contributed by atoms with Crippen molar-refractivity contribution in [3.63, 3.8) is 0 Å². The van der Waals surface area contributed by atoms with E-state index in [-0.39, 0.29) is 18.3 Å². The number of para-hydroxylation sites is 1. The Kier molecular flexibility index (Phi) is 7.12. The number of carbonyl (C=O) groups is 1. The third-order valence-electron chi connectivity index (χ3n) is 5.41. The third kappa shape index (κ3) is 4.71. The Balaban J connectivity index is 0.00000240. The molecule has 0 saturated carbocycles. The monoisotopic (exact) mass is 414 g/mol. The predicted octanol–water partition coefficient (Wildman–Crippen LogP) is 4.02. The van der Waals surface area contributed by atoms with Gasteiger partial charge < -0.3 is 14.6 Å². The van der Waals surface area contributed by atoms with E-state index in [1.165, 1.54) is 6.42 Å². The van der Waals surface area contributed by atoms with Gasteiger partial charge in [-0.25, -0.2) is 4.68 Å². The average molecular weight is 415 g/mol. The molecule has 1 fully saturated rings. The second-order valence-corrected chi connectivity index (χ2v) is 7.27. The highest BCUT2D eigenvalue weighted by Crippen LogP contribution is 2.25. The van der Waals surface area contributed by atoms with Gasteiger partial charge in [-0.15, -0.1) is 12.4 Å². The Bertz CT molecular complexity index is 900. The summed E-state index contributed by atoms with van der Waals surface area (Å²) in [5.74, 6) is 1.38. The van der Waals surface area contributed by atoms with Gasteiger partial charge in [-0.05, 0) is 63.0 Å². The van der Waals surface area contributed by atoms with Crippen LogP contribution in [0.25, 0.3) is 17.1 Å². The summed E-state index contributed by atoms with van der Waals surface area (Å²) in [7, 11) is 1.99. The number of piperidine rings is 1. The first-order chi connectivity index (χ1) is 13.8. The first kappa shape index (κ1) is 21.1. The van der Waals surface area contributed by atoms with E-state index in [0.29, 0.717) is 23.1 Å². The van der Waals surface area contributed by atoms with E-state index in [9.17, 15) is 4.79 Å². The third-order valence-corrected chi connectivity index (χ3v) is 5.41. The first-order valence-corrected chi connectivity index (χ1v) is 9.89. The average Bonchev–Trinajstić information content (AvgIpc) is 3.42. The molecule has 3 heterocycles. The van der Waals surface area contributed by atoms with E-state index in [4.69, 9.17) is 4.42 Å². The smallest absolute Gasteiger partial charge is 0.272 e. The van der Waals surface area contributed by atoms with E-state index in [1.807, 2.05) is 60.5 Å². The minimum Gasteiger partial charge on any atom is -0.463 e. The SMILES string of the molecule is CNCCC1CCN(C(=O)c2cc(-c3ccco3)nn2-c2ccccc2)CC1.Cl. The summed E-state index contributed by atoms with van der Waals surface area (Å²) in [5, 5.41) is 7.88. The van der Waals surface area contributed by atoms with E-state index < -0.39 is 0 Å². The molecule has 29 heavy (non-hydrogen) atoms. The molecule has 4 rings (SSSR count). The van der Waals surface area contributed by atoms with E-state index in [0.717, 1.165) is 38.2 Å². The van der Waals surface area contributed by atoms with Crippen molar-refractivity contribution in [2.45, 2.75) is 19.3 Å². The van der Waals surface area contributed by atoms with Crippen LogP contribution in [0, 0.1) is 5.92 Å². The Morgan fingerprint density at radius 1 is 1.17 bits per heavy atom. The minimum atomic E-state index is 0. The lowest BCUT2D eigenvalue weighted by atomic mass is 9.93. The van der Waals surface area contributed by atoms with Crippen LogP contribution in [0.1, 0.15) is 29.8 Å². The molecule has 7 heteroatoms. The van der Waals surface area contributed by atoms with Gasteiger partial charge in [0.05, 0.1) is 12.0 Å². The molecule has 154 valence electrons. The van der Waals surface area contributed by atoms with Gasteiger partial charge in [0.1, 0.15) is 11.4 Å². The van der Waals surface area contributed by atoms with Gasteiger partial charge in [0.2, 0.25) is 0 Å². The van der Waals surface area contributed by atoms with Crippen molar-refractivity contribution >= 4 is 18.3 Å². The van der Waals surface area contributed by atoms with Crippen LogP contribution in [-0.4, -0.2) is 47.3 Å². The van der Waals surface area contributed by atoms with Crippen molar-refractivity contribution in [3.8, 4) is 17.1 Å². The van der Waals surface area contributed by atoms with Crippen molar-refractivity contribution < 1.29 is 9.21 Å². The lowest BCUT2D eigenvalue weighted by Crippen LogP contribution is -2.39. The number of nitrogens with one attached hydrogen (secondary N) is 1. The number of benzene rings is 1. The van der Waals surface area contributed by atoms with Crippen molar-refractivity contribution in [2.24, 2.45) is 5.92 Å². The second-order valence-electron chi connectivity index (χ2n) is 7.27. The second kappa shape index (κ2) is 9.76. The van der Waals surface area contributed by atoms with Gasteiger partial charge in [0.25, 0.3) is 5.91 Å². The fraction of sp³-hybridized carbons (Fsp3) is 0.364. The van der Waals surface area contributed by atoms with Crippen molar-refractivity contribution in [1.29, 1.82) is 0 Å². The summed E-state index contributed by atoms with van der Waals surface area (Å²) >= 11 is 0. The molecular weight excluding hydrogens is 388 g/mol. The van der Waals surface area contributed by atoms with E-state index in [1.54, 1.807) is 10.9 Å². The van der Waals surface area contributed by atoms with Gasteiger partial charge in [-0.2, -0.15) is 5.10 Å². The molecule has 0 unspecified atom stereocenters. The van der Waals surface area contributed by atoms with Crippen molar-refractivity contribution in [1.82, 2.24) is 20.0 Å². The van der Waals surface area contributed by atoms with Crippen LogP contribution in [0.15, 0.2) is 59.2 Å². The molecular formula is C22H27ClN4O2. The number of aromatic nitrogens is 2. The molecule has 1 N–H and O–H groups in total. The summed E-state index contributed by atoms with van der Waals surface area (Å²) in [6.07, 6.45) is 4.90. The van der Waals surface area contributed by atoms with Gasteiger partial charge in [-0.3, -0.25) is 4.79 Å². The first-order valence-electron chi connectivity index (χ1n) is 9.89. The normalized spacial score (nSPS) is 14.6. The maximum Gasteiger partial charge on any atom is 0.272 e. The number of rotatable bonds is 6. The zero-order valence-electron chi connectivity index (χ0n) is 16.6. The fourth-order valence-electron chi connectivity index (χ4n) is 3.78. The van der Waals surface area contributed by atoms with Gasteiger partial charge in [0.15, 0.2) is 5.76 Å². The molecule has 0 bridgehead atoms. The Hall–Kier alpha value is -2.57. The number of likely N-dealkylation sites (tertiary alicyclic amines) is 1. The maximum absolute atomic E-state index is 13.3. The lowest BCUT2D eigenvalue weighted by molar-refractivity contribution is 0.0678. The van der Waals surface area contributed by atoms with Crippen LogP contribution in [0.2, 0.25) is 0 Å². The number of hydrogen-bond donors (Lipinski definition) is 1. The Morgan fingerprint density at radius 2 is 1.93 bits per heavy atom. The fourth-order valence-corrected chi connectivity index (χ4v) is 3.78. The molecule has 1 saturated heterocycles. The molecule has 0 spiro atoms. The maximum atomic E-state index is 13.3. The van der Waals surface area contributed by atoms with Crippen LogP contribution in [0.3, 0.4) is 0 Å². The summed E-state index contributed by atoms with van der Waals surface area (Å²) < 4.78 is 7.22. The highest BCUT2D eigenvalue weighted by molar-refractivity contribution is 5.94. The molecule has 2 aromatic heterocycles. The predicted molar refractivity (Wildman–Crippen MR) is 116 cm³/mol. The number of amides is 1. The molecule has 3 aromatic rings. The van der Waals surface area contributed by atoms with Crippen LogP contribution in [-0.2, 0) is 0 Å². The number of nitrogens with zero attached hydrogens (tertiary/aromatic N) is 3. The minimum absolute atomic E-state index is 0. The zero-order valence-corrected chi connectivity index (χ0v) is 17.4. The van der Waals surface area contributed by atoms with Crippen LogP contribution >= 0.6 is 12.4 Å². The van der Waals surface area contributed by atoms with E-state index >= 15 is 0 Å². The number of carbonyl (C=O) groups excluding carboxylic acids is 1. The zero-order chi connectivity index (χ0) is 19.3. The number of furan rings is 1. The molecule has 0 atom stereocenters.